The highest BCUT2D eigenvalue weighted by Crippen LogP contribution is 2.20. The van der Waals surface area contributed by atoms with Crippen LogP contribution in [0.3, 0.4) is 0 Å². The summed E-state index contributed by atoms with van der Waals surface area (Å²) < 4.78 is 24.2. The molecule has 6 nitrogen and oxygen atoms in total. The van der Waals surface area contributed by atoms with E-state index in [9.17, 15) is 13.8 Å². The third-order valence-electron chi connectivity index (χ3n) is 2.58. The van der Waals surface area contributed by atoms with Crippen LogP contribution in [0.15, 0.2) is 0 Å². The number of methoxy groups -OCH3 is 1. The third kappa shape index (κ3) is 7.59. The Morgan fingerprint density at radius 3 is 2.35 bits per heavy atom. The number of esters is 2. The van der Waals surface area contributed by atoms with E-state index >= 15 is 0 Å². The van der Waals surface area contributed by atoms with Crippen LogP contribution < -0.4 is 4.72 Å². The molecular weight excluding hydrogens is 282 g/mol. The van der Waals surface area contributed by atoms with Crippen molar-refractivity contribution in [3.63, 3.8) is 0 Å². The molecule has 0 radical (unpaired) electrons. The van der Waals surface area contributed by atoms with Gasteiger partial charge in [-0.2, -0.15) is 0 Å². The summed E-state index contributed by atoms with van der Waals surface area (Å²) in [7, 11) is -0.0843. The minimum absolute atomic E-state index is 0.212. The lowest BCUT2D eigenvalue weighted by Crippen LogP contribution is -2.48. The molecule has 0 spiro atoms. The van der Waals surface area contributed by atoms with Gasteiger partial charge >= 0.3 is 11.9 Å². The molecule has 0 aromatic carbocycles. The number of carbonyl (C=O) groups excluding carboxylic acids is 2. The van der Waals surface area contributed by atoms with Crippen LogP contribution in [0.5, 0.6) is 0 Å². The predicted molar refractivity (Wildman–Crippen MR) is 77.3 cm³/mol. The molecule has 0 bridgehead atoms. The first-order chi connectivity index (χ1) is 9.22. The lowest BCUT2D eigenvalue weighted by Gasteiger charge is -2.28. The van der Waals surface area contributed by atoms with Gasteiger partial charge in [0, 0.05) is 12.2 Å². The normalized spacial score (nSPS) is 14.4. The van der Waals surface area contributed by atoms with Crippen molar-refractivity contribution in [1.29, 1.82) is 0 Å². The lowest BCUT2D eigenvalue weighted by atomic mass is 9.87. The first-order valence-corrected chi connectivity index (χ1v) is 7.92. The van der Waals surface area contributed by atoms with E-state index < -0.39 is 28.4 Å². The number of ether oxygens (including phenoxy) is 2. The Labute approximate surface area is 123 Å². The first kappa shape index (κ1) is 19.1. The molecule has 0 aliphatic rings. The van der Waals surface area contributed by atoms with Gasteiger partial charge in [0.05, 0.1) is 24.7 Å². The van der Waals surface area contributed by atoms with Crippen LogP contribution in [0.1, 0.15) is 40.5 Å². The molecule has 0 aliphatic carbocycles. The fraction of sp³-hybridized carbons (Fsp3) is 0.846. The Morgan fingerprint density at radius 2 is 1.90 bits per heavy atom. The van der Waals surface area contributed by atoms with E-state index in [0.717, 1.165) is 0 Å². The Kier molecular flexibility index (Phi) is 8.64. The molecule has 0 aliphatic heterocycles. The summed E-state index contributed by atoms with van der Waals surface area (Å²) >= 11 is 0. The van der Waals surface area contributed by atoms with Gasteiger partial charge in [-0.05, 0) is 18.8 Å². The summed E-state index contributed by atoms with van der Waals surface area (Å²) in [4.78, 5) is 22.8. The smallest absolute Gasteiger partial charge is 0.324 e. The zero-order valence-corrected chi connectivity index (χ0v) is 13.7. The van der Waals surface area contributed by atoms with E-state index in [1.807, 2.05) is 20.8 Å². The molecule has 0 fully saturated rings. The van der Waals surface area contributed by atoms with E-state index in [4.69, 9.17) is 4.74 Å². The highest BCUT2D eigenvalue weighted by atomic mass is 32.2. The number of hydrogen-bond acceptors (Lipinski definition) is 5. The van der Waals surface area contributed by atoms with Crippen molar-refractivity contribution < 1.29 is 23.3 Å². The zero-order valence-electron chi connectivity index (χ0n) is 12.9. The number of carbonyl (C=O) groups is 2. The molecule has 0 saturated carbocycles. The van der Waals surface area contributed by atoms with Gasteiger partial charge in [-0.15, -0.1) is 0 Å². The maximum atomic E-state index is 11.9. The summed E-state index contributed by atoms with van der Waals surface area (Å²) in [5, 5.41) is 0. The van der Waals surface area contributed by atoms with Crippen LogP contribution >= 0.6 is 0 Å². The summed E-state index contributed by atoms with van der Waals surface area (Å²) in [6.07, 6.45) is 0.648. The first-order valence-electron chi connectivity index (χ1n) is 6.60. The molecule has 0 heterocycles. The predicted octanol–water partition coefficient (Wildman–Crippen LogP) is 1.17. The van der Waals surface area contributed by atoms with Gasteiger partial charge < -0.3 is 9.47 Å². The minimum atomic E-state index is -1.40. The topological polar surface area (TPSA) is 81.7 Å². The maximum Gasteiger partial charge on any atom is 0.324 e. The third-order valence-corrected chi connectivity index (χ3v) is 3.73. The Hall–Kier alpha value is -0.950. The Morgan fingerprint density at radius 1 is 1.30 bits per heavy atom. The largest absolute Gasteiger partial charge is 0.469 e. The van der Waals surface area contributed by atoms with Gasteiger partial charge in [0.25, 0.3) is 0 Å². The van der Waals surface area contributed by atoms with Crippen LogP contribution in [-0.2, 0) is 30.0 Å². The average molecular weight is 307 g/mol. The molecule has 118 valence electrons. The number of rotatable bonds is 8. The second-order valence-electron chi connectivity index (χ2n) is 5.40. The fourth-order valence-corrected chi connectivity index (χ4v) is 2.68. The zero-order chi connectivity index (χ0) is 15.8. The molecule has 2 atom stereocenters. The van der Waals surface area contributed by atoms with Crippen molar-refractivity contribution in [2.45, 2.75) is 46.6 Å². The van der Waals surface area contributed by atoms with Crippen molar-refractivity contribution in [2.24, 2.45) is 5.41 Å². The molecule has 0 aromatic rings. The van der Waals surface area contributed by atoms with Gasteiger partial charge in [0.1, 0.15) is 6.04 Å². The van der Waals surface area contributed by atoms with Crippen LogP contribution in [0.2, 0.25) is 0 Å². The molecule has 0 rings (SSSR count). The van der Waals surface area contributed by atoms with Crippen molar-refractivity contribution in [3.8, 4) is 0 Å². The number of hydrogen-bond donors (Lipinski definition) is 1. The average Bonchev–Trinajstić information content (AvgIpc) is 2.34. The van der Waals surface area contributed by atoms with Gasteiger partial charge in [0.15, 0.2) is 0 Å². The lowest BCUT2D eigenvalue weighted by molar-refractivity contribution is -0.147. The highest BCUT2D eigenvalue weighted by molar-refractivity contribution is 7.83. The molecule has 0 saturated heterocycles. The second kappa shape index (κ2) is 9.07. The van der Waals surface area contributed by atoms with E-state index in [-0.39, 0.29) is 24.7 Å². The van der Waals surface area contributed by atoms with Crippen LogP contribution in [-0.4, -0.2) is 41.7 Å². The molecule has 0 aromatic heterocycles. The van der Waals surface area contributed by atoms with E-state index in [0.29, 0.717) is 6.42 Å². The second-order valence-corrected chi connectivity index (χ2v) is 6.73. The quantitative estimate of drug-likeness (QED) is 0.681. The number of nitrogens with one attached hydrogen (secondary N) is 1. The van der Waals surface area contributed by atoms with Gasteiger partial charge in [-0.1, -0.05) is 20.8 Å². The molecule has 20 heavy (non-hydrogen) atoms. The van der Waals surface area contributed by atoms with Crippen LogP contribution in [0.4, 0.5) is 0 Å². The van der Waals surface area contributed by atoms with Gasteiger partial charge in [-0.3, -0.25) is 9.59 Å². The molecule has 2 unspecified atom stereocenters. The Balaban J connectivity index is 4.40. The van der Waals surface area contributed by atoms with E-state index in [2.05, 4.69) is 9.46 Å². The maximum absolute atomic E-state index is 11.9. The van der Waals surface area contributed by atoms with Gasteiger partial charge in [0.2, 0.25) is 0 Å². The van der Waals surface area contributed by atoms with Crippen LogP contribution in [0.25, 0.3) is 0 Å². The monoisotopic (exact) mass is 307 g/mol. The summed E-state index contributed by atoms with van der Waals surface area (Å²) in [6.45, 7) is 7.61. The van der Waals surface area contributed by atoms with Crippen molar-refractivity contribution in [2.75, 3.05) is 19.5 Å². The summed E-state index contributed by atoms with van der Waals surface area (Å²) in [6, 6.07) is -0.651. The van der Waals surface area contributed by atoms with Crippen molar-refractivity contribution in [1.82, 2.24) is 4.72 Å². The summed E-state index contributed by atoms with van der Waals surface area (Å²) in [5.41, 5.74) is -0.412. The van der Waals surface area contributed by atoms with Crippen molar-refractivity contribution in [3.05, 3.63) is 0 Å². The SMILES string of the molecule is CCOC(=O)C(NS(=O)CCCC(=O)OC)C(C)(C)C. The minimum Gasteiger partial charge on any atom is -0.469 e. The highest BCUT2D eigenvalue weighted by Gasteiger charge is 2.33. The molecule has 1 N–H and O–H groups in total. The van der Waals surface area contributed by atoms with E-state index in [1.165, 1.54) is 7.11 Å². The fourth-order valence-electron chi connectivity index (χ4n) is 1.44. The Bertz CT molecular complexity index is 351. The standard InChI is InChI=1S/C13H25NO5S/c1-6-19-12(16)11(13(2,3)4)14-20(17)9-7-8-10(15)18-5/h11,14H,6-9H2,1-5H3. The molecule has 7 heteroatoms. The summed E-state index contributed by atoms with van der Waals surface area (Å²) in [5.74, 6) is -0.470. The molecule has 0 amide bonds. The van der Waals surface area contributed by atoms with Crippen molar-refractivity contribution >= 4 is 22.9 Å². The van der Waals surface area contributed by atoms with Gasteiger partial charge in [-0.25, -0.2) is 8.93 Å². The van der Waals surface area contributed by atoms with Crippen LogP contribution in [0, 0.1) is 5.41 Å². The molecular formula is C13H25NO5S. The van der Waals surface area contributed by atoms with E-state index in [1.54, 1.807) is 6.92 Å².